The van der Waals surface area contributed by atoms with Crippen LogP contribution in [-0.2, 0) is 6.42 Å². The summed E-state index contributed by atoms with van der Waals surface area (Å²) < 4.78 is 0. The molecule has 1 heteroatoms. The number of fused-ring (bicyclic) bond motifs is 1. The topological polar surface area (TPSA) is 23.8 Å². The first-order valence-electron chi connectivity index (χ1n) is 6.90. The highest BCUT2D eigenvalue weighted by Crippen LogP contribution is 2.42. The molecular weight excluding hydrogens is 230 g/mol. The van der Waals surface area contributed by atoms with E-state index >= 15 is 0 Å². The molecule has 1 aliphatic carbocycles. The first-order valence-corrected chi connectivity index (χ1v) is 6.90. The summed E-state index contributed by atoms with van der Waals surface area (Å²) in [5.74, 6) is 0.827. The van der Waals surface area contributed by atoms with Crippen molar-refractivity contribution in [2.24, 2.45) is 5.92 Å². The molecule has 2 unspecified atom stereocenters. The molecule has 0 bridgehead atoms. The van der Waals surface area contributed by atoms with Crippen LogP contribution in [0.1, 0.15) is 35.4 Å². The van der Waals surface area contributed by atoms with Gasteiger partial charge < -0.3 is 0 Å². The van der Waals surface area contributed by atoms with E-state index in [1.54, 1.807) is 0 Å². The summed E-state index contributed by atoms with van der Waals surface area (Å²) in [6.07, 6.45) is 2.86. The van der Waals surface area contributed by atoms with Gasteiger partial charge in [-0.3, -0.25) is 0 Å². The maximum Gasteiger partial charge on any atom is 0.0625 e. The van der Waals surface area contributed by atoms with E-state index in [1.807, 2.05) is 0 Å². The Morgan fingerprint density at radius 1 is 1.00 bits per heavy atom. The highest BCUT2D eigenvalue weighted by atomic mass is 14.3. The van der Waals surface area contributed by atoms with Crippen molar-refractivity contribution in [3.8, 4) is 6.07 Å². The van der Waals surface area contributed by atoms with Crippen molar-refractivity contribution < 1.29 is 0 Å². The molecule has 0 N–H and O–H groups in total. The lowest BCUT2D eigenvalue weighted by Gasteiger charge is -2.33. The maximum absolute atomic E-state index is 9.08. The quantitative estimate of drug-likeness (QED) is 0.776. The van der Waals surface area contributed by atoms with Crippen LogP contribution >= 0.6 is 0 Å². The highest BCUT2D eigenvalue weighted by molar-refractivity contribution is 5.41. The van der Waals surface area contributed by atoms with Crippen LogP contribution in [0, 0.1) is 17.2 Å². The molecule has 0 amide bonds. The van der Waals surface area contributed by atoms with Gasteiger partial charge in [0.1, 0.15) is 0 Å². The smallest absolute Gasteiger partial charge is 0.0625 e. The van der Waals surface area contributed by atoms with Crippen LogP contribution in [0.15, 0.2) is 54.6 Å². The van der Waals surface area contributed by atoms with Crippen molar-refractivity contribution in [2.75, 3.05) is 0 Å². The van der Waals surface area contributed by atoms with E-state index in [1.165, 1.54) is 16.7 Å². The van der Waals surface area contributed by atoms with Gasteiger partial charge in [0.05, 0.1) is 6.07 Å². The Balaban J connectivity index is 2.08. The summed E-state index contributed by atoms with van der Waals surface area (Å²) in [7, 11) is 0. The molecule has 0 aromatic heterocycles. The minimum Gasteiger partial charge on any atom is -0.198 e. The second kappa shape index (κ2) is 5.28. The minimum atomic E-state index is 0.380. The van der Waals surface area contributed by atoms with Crippen LogP contribution < -0.4 is 0 Å². The summed E-state index contributed by atoms with van der Waals surface area (Å²) >= 11 is 0. The van der Waals surface area contributed by atoms with E-state index in [4.69, 9.17) is 5.26 Å². The Hall–Kier alpha value is -2.07. The minimum absolute atomic E-state index is 0.380. The predicted molar refractivity (Wildman–Crippen MR) is 76.8 cm³/mol. The fourth-order valence-corrected chi connectivity index (χ4v) is 3.28. The first kappa shape index (κ1) is 12.0. The van der Waals surface area contributed by atoms with Gasteiger partial charge in [-0.25, -0.2) is 0 Å². The Bertz CT molecular complexity index is 595. The van der Waals surface area contributed by atoms with Crippen LogP contribution in [0.25, 0.3) is 0 Å². The van der Waals surface area contributed by atoms with Crippen molar-refractivity contribution in [3.63, 3.8) is 0 Å². The van der Waals surface area contributed by atoms with Gasteiger partial charge in [-0.2, -0.15) is 5.26 Å². The number of hydrogen-bond donors (Lipinski definition) is 0. The standard InChI is InChI=1S/C18H17N/c19-13-12-16-11-10-14-6-4-5-9-17(14)18(16)15-7-2-1-3-8-15/h1-9,16,18H,10-12H2. The summed E-state index contributed by atoms with van der Waals surface area (Å²) in [5.41, 5.74) is 4.21. The molecule has 0 saturated heterocycles. The monoisotopic (exact) mass is 247 g/mol. The number of nitriles is 1. The molecule has 19 heavy (non-hydrogen) atoms. The number of nitrogens with zero attached hydrogens (tertiary/aromatic N) is 1. The van der Waals surface area contributed by atoms with Gasteiger partial charge in [-0.1, -0.05) is 54.6 Å². The second-order valence-electron chi connectivity index (χ2n) is 5.25. The van der Waals surface area contributed by atoms with Crippen molar-refractivity contribution in [3.05, 3.63) is 71.3 Å². The van der Waals surface area contributed by atoms with Crippen LogP contribution in [0.2, 0.25) is 0 Å². The van der Waals surface area contributed by atoms with Crippen molar-refractivity contribution in [1.82, 2.24) is 0 Å². The Morgan fingerprint density at radius 3 is 2.53 bits per heavy atom. The molecule has 3 rings (SSSR count). The van der Waals surface area contributed by atoms with Gasteiger partial charge >= 0.3 is 0 Å². The van der Waals surface area contributed by atoms with Gasteiger partial charge in [-0.05, 0) is 35.4 Å². The molecule has 2 aromatic rings. The van der Waals surface area contributed by atoms with Crippen molar-refractivity contribution >= 4 is 0 Å². The number of rotatable bonds is 2. The summed E-state index contributed by atoms with van der Waals surface area (Å²) in [5, 5.41) is 9.08. The molecule has 94 valence electrons. The van der Waals surface area contributed by atoms with Crippen LogP contribution in [0.4, 0.5) is 0 Å². The lowest BCUT2D eigenvalue weighted by atomic mass is 9.71. The van der Waals surface area contributed by atoms with Crippen molar-refractivity contribution in [2.45, 2.75) is 25.2 Å². The van der Waals surface area contributed by atoms with E-state index in [-0.39, 0.29) is 0 Å². The zero-order chi connectivity index (χ0) is 13.1. The molecule has 0 fully saturated rings. The Morgan fingerprint density at radius 2 is 1.74 bits per heavy atom. The summed E-state index contributed by atoms with van der Waals surface area (Å²) in [6, 6.07) is 21.7. The average Bonchev–Trinajstić information content (AvgIpc) is 2.48. The molecule has 2 aromatic carbocycles. The molecular formula is C18H17N. The lowest BCUT2D eigenvalue weighted by Crippen LogP contribution is -2.21. The average molecular weight is 247 g/mol. The second-order valence-corrected chi connectivity index (χ2v) is 5.25. The molecule has 2 atom stereocenters. The fourth-order valence-electron chi connectivity index (χ4n) is 3.28. The Labute approximate surface area is 114 Å². The number of benzene rings is 2. The normalized spacial score (nSPS) is 21.4. The number of aryl methyl sites for hydroxylation is 1. The van der Waals surface area contributed by atoms with Gasteiger partial charge in [0, 0.05) is 12.3 Å². The first-order chi connectivity index (χ1) is 9.40. The van der Waals surface area contributed by atoms with E-state index in [0.29, 0.717) is 18.3 Å². The third-order valence-corrected chi connectivity index (χ3v) is 4.16. The molecule has 0 saturated carbocycles. The van der Waals surface area contributed by atoms with Crippen LogP contribution in [0.5, 0.6) is 0 Å². The lowest BCUT2D eigenvalue weighted by molar-refractivity contribution is 0.417. The molecule has 1 nitrogen and oxygen atoms in total. The van der Waals surface area contributed by atoms with E-state index in [2.05, 4.69) is 60.7 Å². The predicted octanol–water partition coefficient (Wildman–Crippen LogP) is 4.29. The third-order valence-electron chi connectivity index (χ3n) is 4.16. The van der Waals surface area contributed by atoms with Crippen molar-refractivity contribution in [1.29, 1.82) is 5.26 Å². The largest absolute Gasteiger partial charge is 0.198 e. The molecule has 0 heterocycles. The zero-order valence-electron chi connectivity index (χ0n) is 10.9. The molecule has 0 radical (unpaired) electrons. The summed E-state index contributed by atoms with van der Waals surface area (Å²) in [4.78, 5) is 0. The van der Waals surface area contributed by atoms with Crippen LogP contribution in [0.3, 0.4) is 0 Å². The zero-order valence-corrected chi connectivity index (χ0v) is 10.9. The third kappa shape index (κ3) is 2.27. The molecule has 0 aliphatic heterocycles. The van der Waals surface area contributed by atoms with E-state index in [0.717, 1.165) is 12.8 Å². The van der Waals surface area contributed by atoms with Gasteiger partial charge in [-0.15, -0.1) is 0 Å². The molecule has 1 aliphatic rings. The molecule has 0 spiro atoms. The number of hydrogen-bond acceptors (Lipinski definition) is 1. The SMILES string of the molecule is N#CCC1CCc2ccccc2C1c1ccccc1. The van der Waals surface area contributed by atoms with E-state index in [9.17, 15) is 0 Å². The van der Waals surface area contributed by atoms with Gasteiger partial charge in [0.2, 0.25) is 0 Å². The van der Waals surface area contributed by atoms with Crippen LogP contribution in [-0.4, -0.2) is 0 Å². The summed E-state index contributed by atoms with van der Waals surface area (Å²) in [6.45, 7) is 0. The van der Waals surface area contributed by atoms with Gasteiger partial charge in [0.25, 0.3) is 0 Å². The van der Waals surface area contributed by atoms with E-state index < -0.39 is 0 Å². The highest BCUT2D eigenvalue weighted by Gasteiger charge is 2.30. The Kier molecular flexibility index (Phi) is 3.33. The fraction of sp³-hybridized carbons (Fsp3) is 0.278. The maximum atomic E-state index is 9.08. The van der Waals surface area contributed by atoms with Gasteiger partial charge in [0.15, 0.2) is 0 Å².